The lowest BCUT2D eigenvalue weighted by atomic mass is 10.2. The fourth-order valence-electron chi connectivity index (χ4n) is 3.13. The number of carbonyl (C=O) groups excluding carboxylic acids is 1. The Labute approximate surface area is 164 Å². The molecular weight excluding hydrogens is 362 g/mol. The number of rotatable bonds is 6. The third-order valence-electron chi connectivity index (χ3n) is 4.54. The highest BCUT2D eigenvalue weighted by Gasteiger charge is 2.31. The highest BCUT2D eigenvalue weighted by Crippen LogP contribution is 2.19. The van der Waals surface area contributed by atoms with E-state index in [-0.39, 0.29) is 5.91 Å². The van der Waals surface area contributed by atoms with Crippen molar-refractivity contribution in [3.63, 3.8) is 0 Å². The highest BCUT2D eigenvalue weighted by molar-refractivity contribution is 7.80. The minimum absolute atomic E-state index is 0.0757. The summed E-state index contributed by atoms with van der Waals surface area (Å²) in [5.41, 5.74) is 2.34. The number of thiocarbonyl (C=S) groups is 1. The van der Waals surface area contributed by atoms with Crippen molar-refractivity contribution in [2.75, 3.05) is 33.4 Å². The maximum atomic E-state index is 13.1. The molecule has 1 N–H and O–H groups in total. The van der Waals surface area contributed by atoms with E-state index >= 15 is 0 Å². The Bertz CT molecular complexity index is 793. The maximum absolute atomic E-state index is 13.1. The number of para-hydroxylation sites is 1. The van der Waals surface area contributed by atoms with Gasteiger partial charge in [0.2, 0.25) is 0 Å². The molecule has 1 saturated heterocycles. The average Bonchev–Trinajstić information content (AvgIpc) is 3.32. The number of hydrogen-bond donors (Lipinski definition) is 1. The number of nitrogens with one attached hydrogen (secondary N) is 1. The normalized spacial score (nSPS) is 13.9. The summed E-state index contributed by atoms with van der Waals surface area (Å²) in [7, 11) is 1.68. The summed E-state index contributed by atoms with van der Waals surface area (Å²) in [6.07, 6.45) is 3.38. The number of amides is 1. The monoisotopic (exact) mass is 387 g/mol. The number of methoxy groups -OCH3 is 1. The number of benzene rings is 1. The molecule has 1 aromatic heterocycles. The molecule has 1 aliphatic rings. The number of carbonyl (C=O) groups is 1. The van der Waals surface area contributed by atoms with Gasteiger partial charge in [-0.3, -0.25) is 9.80 Å². The topological polar surface area (TPSA) is 62.6 Å². The largest absolute Gasteiger partial charge is 0.385 e. The molecule has 3 rings (SSSR count). The molecule has 1 aliphatic heterocycles. The maximum Gasteiger partial charge on any atom is 0.275 e. The first-order chi connectivity index (χ1) is 13.1. The molecule has 1 amide bonds. The Morgan fingerprint density at radius 2 is 2.00 bits per heavy atom. The molecule has 2 heterocycles. The molecule has 0 radical (unpaired) electrons. The summed E-state index contributed by atoms with van der Waals surface area (Å²) in [5.74, 6) is -0.0757. The van der Waals surface area contributed by atoms with Gasteiger partial charge in [-0.2, -0.15) is 5.10 Å². The Balaban J connectivity index is 1.71. The molecule has 1 fully saturated rings. The van der Waals surface area contributed by atoms with E-state index < -0.39 is 0 Å². The summed E-state index contributed by atoms with van der Waals surface area (Å²) in [6.45, 7) is 4.68. The zero-order valence-corrected chi connectivity index (χ0v) is 16.5. The number of hydrazine groups is 1. The molecule has 0 saturated carbocycles. The molecule has 1 aromatic carbocycles. The van der Waals surface area contributed by atoms with Crippen molar-refractivity contribution < 1.29 is 9.53 Å². The fraction of sp³-hybridized carbons (Fsp3) is 0.421. The molecule has 27 heavy (non-hydrogen) atoms. The van der Waals surface area contributed by atoms with Gasteiger partial charge in [-0.05, 0) is 44.1 Å². The van der Waals surface area contributed by atoms with Crippen LogP contribution in [0.25, 0.3) is 5.69 Å². The van der Waals surface area contributed by atoms with E-state index in [1.54, 1.807) is 23.0 Å². The van der Waals surface area contributed by atoms with Gasteiger partial charge in [0.25, 0.3) is 5.91 Å². The summed E-state index contributed by atoms with van der Waals surface area (Å²) in [4.78, 5) is 13.1. The van der Waals surface area contributed by atoms with Crippen molar-refractivity contribution in [2.24, 2.45) is 0 Å². The van der Waals surface area contributed by atoms with Gasteiger partial charge in [0.05, 0.1) is 23.1 Å². The van der Waals surface area contributed by atoms with E-state index in [0.717, 1.165) is 37.3 Å². The van der Waals surface area contributed by atoms with Crippen LogP contribution in [0.4, 0.5) is 0 Å². The van der Waals surface area contributed by atoms with Crippen molar-refractivity contribution >= 4 is 23.2 Å². The molecule has 2 aromatic rings. The summed E-state index contributed by atoms with van der Waals surface area (Å²) in [6, 6.07) is 9.80. The molecular formula is C19H25N5O2S. The van der Waals surface area contributed by atoms with Gasteiger partial charge >= 0.3 is 0 Å². The zero-order valence-electron chi connectivity index (χ0n) is 15.7. The van der Waals surface area contributed by atoms with Gasteiger partial charge < -0.3 is 10.1 Å². The lowest BCUT2D eigenvalue weighted by molar-refractivity contribution is 0.0490. The Kier molecular flexibility index (Phi) is 6.41. The Hall–Kier alpha value is -2.45. The second kappa shape index (κ2) is 8.96. The van der Waals surface area contributed by atoms with Crippen LogP contribution in [0.15, 0.2) is 36.5 Å². The van der Waals surface area contributed by atoms with E-state index in [4.69, 9.17) is 17.0 Å². The SMILES string of the molecule is COCCCNC(=S)N1CCCN1C(=O)c1cnn(-c2ccccc2)c1C. The predicted octanol–water partition coefficient (Wildman–Crippen LogP) is 2.15. The lowest BCUT2D eigenvalue weighted by Gasteiger charge is -2.30. The second-order valence-corrected chi connectivity index (χ2v) is 6.76. The van der Waals surface area contributed by atoms with Crippen LogP contribution in [0.1, 0.15) is 28.9 Å². The third-order valence-corrected chi connectivity index (χ3v) is 4.90. The van der Waals surface area contributed by atoms with Crippen LogP contribution in [-0.4, -0.2) is 64.2 Å². The minimum atomic E-state index is -0.0757. The first-order valence-corrected chi connectivity index (χ1v) is 9.50. The standard InChI is InChI=1S/C19H25N5O2S/c1-15-17(14-21-24(15)16-8-4-3-5-9-16)18(25)22-11-7-12-23(22)19(27)20-10-6-13-26-2/h3-5,8-9,14H,6-7,10-13H2,1-2H3,(H,20,27). The van der Waals surface area contributed by atoms with Crippen LogP contribution in [0.3, 0.4) is 0 Å². The first-order valence-electron chi connectivity index (χ1n) is 9.09. The fourth-order valence-corrected chi connectivity index (χ4v) is 3.42. The second-order valence-electron chi connectivity index (χ2n) is 6.37. The van der Waals surface area contributed by atoms with Gasteiger partial charge in [0.15, 0.2) is 5.11 Å². The van der Waals surface area contributed by atoms with Gasteiger partial charge in [-0.25, -0.2) is 9.69 Å². The van der Waals surface area contributed by atoms with Crippen molar-refractivity contribution in [1.29, 1.82) is 0 Å². The minimum Gasteiger partial charge on any atom is -0.385 e. The summed E-state index contributed by atoms with van der Waals surface area (Å²) in [5, 5.41) is 11.7. The van der Waals surface area contributed by atoms with Crippen molar-refractivity contribution in [1.82, 2.24) is 25.1 Å². The van der Waals surface area contributed by atoms with Crippen LogP contribution in [-0.2, 0) is 4.74 Å². The van der Waals surface area contributed by atoms with Gasteiger partial charge in [-0.15, -0.1) is 0 Å². The summed E-state index contributed by atoms with van der Waals surface area (Å²) >= 11 is 5.48. The van der Waals surface area contributed by atoms with Gasteiger partial charge in [0, 0.05) is 33.4 Å². The van der Waals surface area contributed by atoms with E-state index in [1.807, 2.05) is 42.3 Å². The van der Waals surface area contributed by atoms with Crippen LogP contribution < -0.4 is 5.32 Å². The predicted molar refractivity (Wildman–Crippen MR) is 108 cm³/mol. The molecule has 0 atom stereocenters. The Morgan fingerprint density at radius 1 is 1.26 bits per heavy atom. The number of hydrogen-bond acceptors (Lipinski definition) is 4. The van der Waals surface area contributed by atoms with Crippen LogP contribution in [0.2, 0.25) is 0 Å². The third kappa shape index (κ3) is 4.28. The van der Waals surface area contributed by atoms with Gasteiger partial charge in [0.1, 0.15) is 0 Å². The number of ether oxygens (including phenoxy) is 1. The molecule has 7 nitrogen and oxygen atoms in total. The van der Waals surface area contributed by atoms with E-state index in [9.17, 15) is 4.79 Å². The van der Waals surface area contributed by atoms with Crippen LogP contribution in [0.5, 0.6) is 0 Å². The number of aromatic nitrogens is 2. The summed E-state index contributed by atoms with van der Waals surface area (Å²) < 4.78 is 6.83. The van der Waals surface area contributed by atoms with Crippen molar-refractivity contribution in [3.05, 3.63) is 47.8 Å². The number of nitrogens with zero attached hydrogens (tertiary/aromatic N) is 4. The van der Waals surface area contributed by atoms with Crippen molar-refractivity contribution in [2.45, 2.75) is 19.8 Å². The highest BCUT2D eigenvalue weighted by atomic mass is 32.1. The first kappa shape index (κ1) is 19.3. The Morgan fingerprint density at radius 3 is 2.74 bits per heavy atom. The molecule has 0 unspecified atom stereocenters. The van der Waals surface area contributed by atoms with E-state index in [1.165, 1.54) is 0 Å². The van der Waals surface area contributed by atoms with Crippen LogP contribution >= 0.6 is 12.2 Å². The molecule has 0 bridgehead atoms. The van der Waals surface area contributed by atoms with E-state index in [2.05, 4.69) is 10.4 Å². The lowest BCUT2D eigenvalue weighted by Crippen LogP contribution is -2.49. The quantitative estimate of drug-likeness (QED) is 0.605. The van der Waals surface area contributed by atoms with Crippen molar-refractivity contribution in [3.8, 4) is 5.69 Å². The van der Waals surface area contributed by atoms with E-state index in [0.29, 0.717) is 23.8 Å². The molecule has 144 valence electrons. The molecule has 8 heteroatoms. The molecule has 0 spiro atoms. The molecule has 0 aliphatic carbocycles. The van der Waals surface area contributed by atoms with Gasteiger partial charge in [-0.1, -0.05) is 18.2 Å². The van der Waals surface area contributed by atoms with Crippen LogP contribution in [0, 0.1) is 6.92 Å². The average molecular weight is 388 g/mol. The smallest absolute Gasteiger partial charge is 0.275 e. The zero-order chi connectivity index (χ0) is 19.2.